The molecule has 176 valence electrons. The minimum atomic E-state index is 0.119. The quantitative estimate of drug-likeness (QED) is 0.577. The number of allylic oxidation sites excluding steroid dienone is 1. The Hall–Kier alpha value is -2.12. The highest BCUT2D eigenvalue weighted by Crippen LogP contribution is 2.32. The van der Waals surface area contributed by atoms with Crippen LogP contribution >= 0.6 is 0 Å². The molecule has 2 aliphatic carbocycles. The van der Waals surface area contributed by atoms with Gasteiger partial charge in [-0.05, 0) is 78.7 Å². The van der Waals surface area contributed by atoms with Gasteiger partial charge in [0, 0.05) is 37.8 Å². The van der Waals surface area contributed by atoms with Crippen molar-refractivity contribution in [1.29, 1.82) is 0 Å². The molecule has 1 saturated carbocycles. The van der Waals surface area contributed by atoms with E-state index in [1.54, 1.807) is 6.20 Å². The number of urea groups is 1. The fraction of sp³-hybridized carbons (Fsp3) is 0.680. The van der Waals surface area contributed by atoms with E-state index in [1.165, 1.54) is 0 Å². The topological polar surface area (TPSA) is 52.2 Å². The largest absolute Gasteiger partial charge is 0.470 e. The zero-order valence-corrected chi connectivity index (χ0v) is 20.1. The van der Waals surface area contributed by atoms with Crippen LogP contribution in [0.1, 0.15) is 45.4 Å². The summed E-state index contributed by atoms with van der Waals surface area (Å²) in [5.41, 5.74) is 0.858. The molecule has 2 fully saturated rings. The number of nitrogens with zero attached hydrogens (tertiary/aromatic N) is 5. The molecular weight excluding hydrogens is 402 g/mol. The second kappa shape index (κ2) is 10.2. The van der Waals surface area contributed by atoms with Gasteiger partial charge in [0.15, 0.2) is 0 Å². The van der Waals surface area contributed by atoms with Crippen LogP contribution in [0.3, 0.4) is 0 Å². The number of hydrogen-bond donors (Lipinski definition) is 0. The molecule has 0 spiro atoms. The minimum absolute atomic E-state index is 0.119. The lowest BCUT2D eigenvalue weighted by atomic mass is 9.89. The number of hydrogen-bond acceptors (Lipinski definition) is 5. The number of likely N-dealkylation sites (N-methyl/N-ethyl adjacent to an activating group) is 2. The van der Waals surface area contributed by atoms with E-state index in [0.717, 1.165) is 63.8 Å². The third-order valence-corrected chi connectivity index (χ3v) is 7.22. The lowest BCUT2D eigenvalue weighted by Gasteiger charge is -2.38. The predicted octanol–water partition coefficient (Wildman–Crippen LogP) is 3.61. The first-order valence-electron chi connectivity index (χ1n) is 12.2. The molecule has 2 unspecified atom stereocenters. The van der Waals surface area contributed by atoms with Gasteiger partial charge in [-0.3, -0.25) is 4.90 Å². The smallest absolute Gasteiger partial charge is 0.325 e. The molecule has 1 aliphatic heterocycles. The van der Waals surface area contributed by atoms with Gasteiger partial charge in [-0.1, -0.05) is 6.08 Å². The minimum Gasteiger partial charge on any atom is -0.470 e. The summed E-state index contributed by atoms with van der Waals surface area (Å²) in [7, 11) is 6.49. The third-order valence-electron chi connectivity index (χ3n) is 7.22. The van der Waals surface area contributed by atoms with Crippen LogP contribution in [-0.2, 0) is 0 Å². The monoisotopic (exact) mass is 441 g/mol. The SMILES string of the molecule is CC1CN(C2CCC(N(C)CCN(C)C)CC2)C(=O)N1c1ccc(OC2C=CCC2)nc1. The summed E-state index contributed by atoms with van der Waals surface area (Å²) in [5.74, 6) is 0.623. The fourth-order valence-corrected chi connectivity index (χ4v) is 5.24. The van der Waals surface area contributed by atoms with Crippen LogP contribution in [-0.4, -0.2) is 90.7 Å². The van der Waals surface area contributed by atoms with E-state index in [2.05, 4.69) is 59.9 Å². The molecule has 1 aromatic rings. The summed E-state index contributed by atoms with van der Waals surface area (Å²) in [5, 5.41) is 0. The highest BCUT2D eigenvalue weighted by molar-refractivity contribution is 5.95. The second-order valence-electron chi connectivity index (χ2n) is 9.92. The van der Waals surface area contributed by atoms with Crippen molar-refractivity contribution in [1.82, 2.24) is 19.7 Å². The predicted molar refractivity (Wildman–Crippen MR) is 128 cm³/mol. The van der Waals surface area contributed by atoms with Gasteiger partial charge < -0.3 is 19.4 Å². The van der Waals surface area contributed by atoms with Gasteiger partial charge in [0.2, 0.25) is 5.88 Å². The lowest BCUT2D eigenvalue weighted by molar-refractivity contribution is 0.126. The Morgan fingerprint density at radius 1 is 1.09 bits per heavy atom. The molecular formula is C25H39N5O2. The van der Waals surface area contributed by atoms with E-state index in [0.29, 0.717) is 18.0 Å². The summed E-state index contributed by atoms with van der Waals surface area (Å²) < 4.78 is 5.90. The lowest BCUT2D eigenvalue weighted by Crippen LogP contribution is -2.45. The van der Waals surface area contributed by atoms with E-state index in [1.807, 2.05) is 17.0 Å². The molecule has 32 heavy (non-hydrogen) atoms. The molecule has 0 N–H and O–H groups in total. The Morgan fingerprint density at radius 2 is 1.88 bits per heavy atom. The van der Waals surface area contributed by atoms with Gasteiger partial charge in [-0.25, -0.2) is 9.78 Å². The van der Waals surface area contributed by atoms with Crippen molar-refractivity contribution in [3.8, 4) is 5.88 Å². The molecule has 4 rings (SSSR count). The molecule has 7 heteroatoms. The van der Waals surface area contributed by atoms with Crippen molar-refractivity contribution < 1.29 is 9.53 Å². The Morgan fingerprint density at radius 3 is 2.50 bits per heavy atom. The third kappa shape index (κ3) is 5.26. The van der Waals surface area contributed by atoms with E-state index < -0.39 is 0 Å². The molecule has 1 saturated heterocycles. The van der Waals surface area contributed by atoms with Crippen molar-refractivity contribution in [3.05, 3.63) is 30.5 Å². The first-order valence-corrected chi connectivity index (χ1v) is 12.2. The molecule has 2 amide bonds. The standard InChI is InChI=1S/C25H39N5O2/c1-19-18-29(21-11-9-20(10-12-21)28(4)16-15-27(2)3)25(31)30(19)22-13-14-24(26-17-22)32-23-7-5-6-8-23/h5,7,13-14,17,19-21,23H,6,8-12,15-16,18H2,1-4H3. The maximum Gasteiger partial charge on any atom is 0.325 e. The zero-order chi connectivity index (χ0) is 22.7. The van der Waals surface area contributed by atoms with Crippen molar-refractivity contribution in [2.45, 2.75) is 69.7 Å². The van der Waals surface area contributed by atoms with Crippen molar-refractivity contribution >= 4 is 11.7 Å². The Bertz CT molecular complexity index is 788. The number of carbonyl (C=O) groups is 1. The van der Waals surface area contributed by atoms with Gasteiger partial charge in [-0.15, -0.1) is 0 Å². The van der Waals surface area contributed by atoms with E-state index in [9.17, 15) is 4.79 Å². The van der Waals surface area contributed by atoms with Gasteiger partial charge in [0.1, 0.15) is 6.10 Å². The van der Waals surface area contributed by atoms with Crippen LogP contribution in [0.15, 0.2) is 30.5 Å². The number of ether oxygens (including phenoxy) is 1. The maximum atomic E-state index is 13.3. The molecule has 2 heterocycles. The summed E-state index contributed by atoms with van der Waals surface area (Å²) in [4.78, 5) is 26.6. The summed E-state index contributed by atoms with van der Waals surface area (Å²) in [6, 6.07) is 5.10. The summed E-state index contributed by atoms with van der Waals surface area (Å²) in [6.07, 6.45) is 12.7. The first-order chi connectivity index (χ1) is 15.4. The number of anilines is 1. The van der Waals surface area contributed by atoms with Crippen molar-refractivity contribution in [3.63, 3.8) is 0 Å². The average molecular weight is 442 g/mol. The van der Waals surface area contributed by atoms with Gasteiger partial charge >= 0.3 is 6.03 Å². The number of amides is 2. The molecule has 0 aromatic carbocycles. The number of pyridine rings is 1. The molecule has 0 bridgehead atoms. The number of aromatic nitrogens is 1. The van der Waals surface area contributed by atoms with Crippen LogP contribution in [0.25, 0.3) is 0 Å². The van der Waals surface area contributed by atoms with Crippen molar-refractivity contribution in [2.75, 3.05) is 45.7 Å². The molecule has 1 aromatic heterocycles. The highest BCUT2D eigenvalue weighted by atomic mass is 16.5. The Labute approximate surface area is 193 Å². The molecule has 3 aliphatic rings. The zero-order valence-electron chi connectivity index (χ0n) is 20.1. The molecule has 2 atom stereocenters. The number of carbonyl (C=O) groups excluding carboxylic acids is 1. The van der Waals surface area contributed by atoms with E-state index in [-0.39, 0.29) is 18.2 Å². The summed E-state index contributed by atoms with van der Waals surface area (Å²) in [6.45, 7) is 5.10. The molecule has 7 nitrogen and oxygen atoms in total. The average Bonchev–Trinajstić information content (AvgIpc) is 3.40. The second-order valence-corrected chi connectivity index (χ2v) is 9.92. The van der Waals surface area contributed by atoms with E-state index in [4.69, 9.17) is 4.74 Å². The molecule has 0 radical (unpaired) electrons. The Balaban J connectivity index is 1.32. The van der Waals surface area contributed by atoms with Gasteiger partial charge in [0.25, 0.3) is 0 Å². The van der Waals surface area contributed by atoms with Gasteiger partial charge in [0.05, 0.1) is 17.9 Å². The van der Waals surface area contributed by atoms with Crippen LogP contribution in [0.2, 0.25) is 0 Å². The van der Waals surface area contributed by atoms with Crippen LogP contribution in [0, 0.1) is 0 Å². The normalized spacial score (nSPS) is 28.4. The van der Waals surface area contributed by atoms with Crippen molar-refractivity contribution in [2.24, 2.45) is 0 Å². The van der Waals surface area contributed by atoms with Crippen LogP contribution < -0.4 is 9.64 Å². The summed E-state index contributed by atoms with van der Waals surface area (Å²) >= 11 is 0. The Kier molecular flexibility index (Phi) is 7.36. The highest BCUT2D eigenvalue weighted by Gasteiger charge is 2.40. The number of rotatable bonds is 8. The maximum absolute atomic E-state index is 13.3. The van der Waals surface area contributed by atoms with Crippen LogP contribution in [0.4, 0.5) is 10.5 Å². The fourth-order valence-electron chi connectivity index (χ4n) is 5.24. The van der Waals surface area contributed by atoms with Crippen LogP contribution in [0.5, 0.6) is 5.88 Å². The first kappa shape index (κ1) is 23.1. The van der Waals surface area contributed by atoms with E-state index >= 15 is 0 Å². The van der Waals surface area contributed by atoms with Gasteiger partial charge in [-0.2, -0.15) is 0 Å².